The Kier molecular flexibility index (Phi) is 15.8. The monoisotopic (exact) mass is 852 g/mol. The average Bonchev–Trinajstić information content (AvgIpc) is 3.76. The van der Waals surface area contributed by atoms with Crippen LogP contribution in [0.15, 0.2) is 115 Å². The van der Waals surface area contributed by atoms with E-state index < -0.39 is 18.0 Å². The van der Waals surface area contributed by atoms with Gasteiger partial charge in [-0.2, -0.15) is 4.58 Å². The standard InChI is InChI=1S/C51H57N5O7/c1-6-54(45-22-11-7-16-35(45)2)37(4)18-15-19-38(5)55(46-23-12-8-17-36(46)3)31-14-13-24-47(57)52-29-30-53-48(58)33-39-25-26-42-40-20-9-10-21-41(40)44(43(42)32-39)34-62-51(61)63-56-49(59)27-28-50(56)60/h7-12,15-23,25-26,32,44H,6,13-14,24,27-31,33-34H2,1-5H3,(H-,52,53,57,58)/p+1. The molecule has 6 rings (SSSR count). The van der Waals surface area contributed by atoms with Crippen molar-refractivity contribution < 1.29 is 38.1 Å². The van der Waals surface area contributed by atoms with E-state index in [0.717, 1.165) is 64.4 Å². The van der Waals surface area contributed by atoms with Crippen molar-refractivity contribution in [1.82, 2.24) is 15.7 Å². The van der Waals surface area contributed by atoms with Crippen LogP contribution >= 0.6 is 0 Å². The molecule has 12 heteroatoms. The van der Waals surface area contributed by atoms with Crippen LogP contribution in [0.5, 0.6) is 0 Å². The quantitative estimate of drug-likeness (QED) is 0.0240. The minimum absolute atomic E-state index is 0.0128. The highest BCUT2D eigenvalue weighted by molar-refractivity contribution is 6.01. The largest absolute Gasteiger partial charge is 0.533 e. The Balaban J connectivity index is 0.959. The number of amides is 4. The summed E-state index contributed by atoms with van der Waals surface area (Å²) in [4.78, 5) is 69.2. The molecule has 1 fully saturated rings. The first-order valence-corrected chi connectivity index (χ1v) is 21.8. The molecule has 0 radical (unpaired) electrons. The van der Waals surface area contributed by atoms with Crippen LogP contribution in [-0.4, -0.2) is 77.9 Å². The molecule has 4 amide bonds. The number of fused-ring (bicyclic) bond motifs is 3. The highest BCUT2D eigenvalue weighted by Crippen LogP contribution is 2.45. The normalized spacial score (nSPS) is 14.9. The Morgan fingerprint density at radius 2 is 1.48 bits per heavy atom. The minimum atomic E-state index is -1.14. The Hall–Kier alpha value is -6.82. The Bertz CT molecular complexity index is 2420. The molecule has 1 aliphatic carbocycles. The molecular formula is C51H58N5O7+. The number of carbonyl (C=O) groups excluding carboxylic acids is 5. The zero-order chi connectivity index (χ0) is 44.9. The van der Waals surface area contributed by atoms with Gasteiger partial charge in [0.25, 0.3) is 11.8 Å². The Morgan fingerprint density at radius 3 is 2.21 bits per heavy atom. The molecule has 1 aliphatic heterocycles. The van der Waals surface area contributed by atoms with Gasteiger partial charge < -0.3 is 20.3 Å². The van der Waals surface area contributed by atoms with Gasteiger partial charge in [0.1, 0.15) is 13.2 Å². The molecule has 1 atom stereocenters. The predicted octanol–water partition coefficient (Wildman–Crippen LogP) is 8.37. The number of carbonyl (C=O) groups is 5. The van der Waals surface area contributed by atoms with Crippen molar-refractivity contribution in [2.24, 2.45) is 0 Å². The van der Waals surface area contributed by atoms with Crippen LogP contribution in [0.4, 0.5) is 16.2 Å². The van der Waals surface area contributed by atoms with Crippen molar-refractivity contribution in [3.8, 4) is 11.1 Å². The fraction of sp³-hybridized carbons (Fsp3) is 0.333. The van der Waals surface area contributed by atoms with E-state index in [1.807, 2.05) is 48.5 Å². The lowest BCUT2D eigenvalue weighted by Crippen LogP contribution is -2.35. The Labute approximate surface area is 370 Å². The SMILES string of the molecule is CCN(C(C)=CC=CC(C)=[N+](CCCCC(=O)NCCNC(=O)Cc1ccc2c(c1)C(COC(=O)ON1C(=O)CCC1=O)c1ccccc1-2)c1ccccc1C)c1ccccc1C. The second-order valence-corrected chi connectivity index (χ2v) is 15.9. The Morgan fingerprint density at radius 1 is 0.810 bits per heavy atom. The maximum Gasteiger partial charge on any atom is 0.533 e. The van der Waals surface area contributed by atoms with Crippen LogP contribution in [0.1, 0.15) is 86.6 Å². The number of ether oxygens (including phenoxy) is 1. The van der Waals surface area contributed by atoms with Gasteiger partial charge in [0.2, 0.25) is 17.5 Å². The molecule has 63 heavy (non-hydrogen) atoms. The fourth-order valence-electron chi connectivity index (χ4n) is 8.19. The molecule has 1 unspecified atom stereocenters. The van der Waals surface area contributed by atoms with Crippen LogP contribution in [0.3, 0.4) is 0 Å². The van der Waals surface area contributed by atoms with E-state index in [1.165, 1.54) is 16.8 Å². The molecule has 1 saturated heterocycles. The van der Waals surface area contributed by atoms with Gasteiger partial charge in [-0.15, -0.1) is 0 Å². The van der Waals surface area contributed by atoms with E-state index >= 15 is 0 Å². The molecule has 12 nitrogen and oxygen atoms in total. The number of aryl methyl sites for hydroxylation is 2. The summed E-state index contributed by atoms with van der Waals surface area (Å²) < 4.78 is 7.70. The summed E-state index contributed by atoms with van der Waals surface area (Å²) in [6, 6.07) is 30.3. The number of hydroxylamine groups is 2. The average molecular weight is 853 g/mol. The summed E-state index contributed by atoms with van der Waals surface area (Å²) in [5, 5.41) is 6.30. The van der Waals surface area contributed by atoms with Gasteiger partial charge in [-0.05, 0) is 79.6 Å². The van der Waals surface area contributed by atoms with E-state index in [9.17, 15) is 24.0 Å². The third-order valence-corrected chi connectivity index (χ3v) is 11.5. The first kappa shape index (κ1) is 45.7. The zero-order valence-corrected chi connectivity index (χ0v) is 36.9. The fourth-order valence-corrected chi connectivity index (χ4v) is 8.19. The molecule has 0 bridgehead atoms. The first-order valence-electron chi connectivity index (χ1n) is 21.8. The van der Waals surface area contributed by atoms with E-state index in [2.05, 4.69) is 115 Å². The van der Waals surface area contributed by atoms with Crippen LogP contribution in [0.25, 0.3) is 11.1 Å². The first-order chi connectivity index (χ1) is 30.4. The summed E-state index contributed by atoms with van der Waals surface area (Å²) in [6.45, 7) is 12.8. The third-order valence-electron chi connectivity index (χ3n) is 11.5. The molecule has 2 N–H and O–H groups in total. The number of unbranched alkanes of at least 4 members (excludes halogenated alkanes) is 1. The smallest absolute Gasteiger partial charge is 0.432 e. The number of para-hydroxylation sites is 2. The van der Waals surface area contributed by atoms with Crippen LogP contribution < -0.4 is 15.5 Å². The van der Waals surface area contributed by atoms with Gasteiger partial charge >= 0.3 is 6.16 Å². The highest BCUT2D eigenvalue weighted by Gasteiger charge is 2.35. The maximum absolute atomic E-state index is 13.0. The topological polar surface area (TPSA) is 137 Å². The molecule has 4 aromatic rings. The summed E-state index contributed by atoms with van der Waals surface area (Å²) in [6.07, 6.45) is 7.28. The lowest BCUT2D eigenvalue weighted by molar-refractivity contribution is -0.441. The summed E-state index contributed by atoms with van der Waals surface area (Å²) >= 11 is 0. The van der Waals surface area contributed by atoms with Crippen molar-refractivity contribution in [2.75, 3.05) is 37.7 Å². The summed E-state index contributed by atoms with van der Waals surface area (Å²) in [7, 11) is 0. The number of anilines is 1. The van der Waals surface area contributed by atoms with Gasteiger partial charge in [0.15, 0.2) is 5.71 Å². The lowest BCUT2D eigenvalue weighted by Gasteiger charge is -2.25. The molecule has 0 saturated carbocycles. The number of imide groups is 1. The van der Waals surface area contributed by atoms with Crippen molar-refractivity contribution >= 4 is 46.9 Å². The van der Waals surface area contributed by atoms with Gasteiger partial charge in [-0.25, -0.2) is 4.79 Å². The number of nitrogens with zero attached hydrogens (tertiary/aromatic N) is 3. The maximum atomic E-state index is 13.0. The second kappa shape index (κ2) is 21.8. The second-order valence-electron chi connectivity index (χ2n) is 15.9. The molecule has 0 aromatic heterocycles. The van der Waals surface area contributed by atoms with E-state index in [1.54, 1.807) is 0 Å². The molecule has 328 valence electrons. The van der Waals surface area contributed by atoms with Crippen molar-refractivity contribution in [3.05, 3.63) is 143 Å². The number of benzene rings is 4. The van der Waals surface area contributed by atoms with Crippen LogP contribution in [-0.2, 0) is 35.2 Å². The van der Waals surface area contributed by atoms with Gasteiger partial charge in [0.05, 0.1) is 6.42 Å². The van der Waals surface area contributed by atoms with Crippen molar-refractivity contribution in [2.45, 2.75) is 79.1 Å². The van der Waals surface area contributed by atoms with Gasteiger partial charge in [0, 0.05) is 87.2 Å². The molecule has 4 aromatic carbocycles. The number of hydrogen-bond acceptors (Lipinski definition) is 8. The molecule has 2 aliphatic rings. The predicted molar refractivity (Wildman–Crippen MR) is 245 cm³/mol. The zero-order valence-electron chi connectivity index (χ0n) is 36.9. The van der Waals surface area contributed by atoms with Gasteiger partial charge in [-0.3, -0.25) is 24.0 Å². The number of allylic oxidation sites excluding steroid dienone is 4. The van der Waals surface area contributed by atoms with E-state index in [-0.39, 0.29) is 50.1 Å². The van der Waals surface area contributed by atoms with Gasteiger partial charge in [-0.1, -0.05) is 90.0 Å². The third kappa shape index (κ3) is 11.8. The number of hydrogen-bond donors (Lipinski definition) is 2. The summed E-state index contributed by atoms with van der Waals surface area (Å²) in [5.41, 5.74) is 11.6. The van der Waals surface area contributed by atoms with Crippen LogP contribution in [0, 0.1) is 13.8 Å². The number of nitrogens with one attached hydrogen (secondary N) is 2. The lowest BCUT2D eigenvalue weighted by atomic mass is 9.96. The molecule has 1 heterocycles. The molecular weight excluding hydrogens is 795 g/mol. The minimum Gasteiger partial charge on any atom is -0.432 e. The van der Waals surface area contributed by atoms with E-state index in [0.29, 0.717) is 24.4 Å². The van der Waals surface area contributed by atoms with Crippen molar-refractivity contribution in [1.29, 1.82) is 0 Å². The van der Waals surface area contributed by atoms with E-state index in [4.69, 9.17) is 9.57 Å². The molecule has 0 spiro atoms. The highest BCUT2D eigenvalue weighted by atomic mass is 16.8. The van der Waals surface area contributed by atoms with Crippen LogP contribution in [0.2, 0.25) is 0 Å². The van der Waals surface area contributed by atoms with Crippen molar-refractivity contribution in [3.63, 3.8) is 0 Å². The summed E-state index contributed by atoms with van der Waals surface area (Å²) in [5.74, 6) is -1.76. The number of rotatable bonds is 19.